The molecule has 74 valence electrons. The molecule has 0 aliphatic carbocycles. The Morgan fingerprint density at radius 3 is 0.923 bits per heavy atom. The molecule has 0 unspecified atom stereocenters. The third-order valence-electron chi connectivity index (χ3n) is 0.500. The first-order valence-corrected chi connectivity index (χ1v) is 5.73. The van der Waals surface area contributed by atoms with Crippen LogP contribution in [0.25, 0.3) is 0 Å². The van der Waals surface area contributed by atoms with Crippen molar-refractivity contribution in [2.24, 2.45) is 0 Å². The molecule has 0 N–H and O–H groups in total. The van der Waals surface area contributed by atoms with Crippen molar-refractivity contribution in [1.29, 1.82) is 0 Å². The maximum atomic E-state index is 9.38. The molecule has 0 aliphatic rings. The second-order valence-corrected chi connectivity index (χ2v) is 4.57. The quantitative estimate of drug-likeness (QED) is 0.460. The van der Waals surface area contributed by atoms with Gasteiger partial charge in [-0.05, 0) is 13.8 Å². The van der Waals surface area contributed by atoms with Gasteiger partial charge in [0.15, 0.2) is 0 Å². The van der Waals surface area contributed by atoms with Crippen LogP contribution in [-0.2, 0) is 39.7 Å². The molecule has 0 aromatic rings. The summed E-state index contributed by atoms with van der Waals surface area (Å²) in [5.74, 6) is -1.12. The summed E-state index contributed by atoms with van der Waals surface area (Å²) in [6.07, 6.45) is 0. The number of rotatable bonds is 2. The van der Waals surface area contributed by atoms with Gasteiger partial charge < -0.3 is 9.11 Å². The van der Waals surface area contributed by atoms with Gasteiger partial charge in [0.25, 0.3) is 0 Å². The molecule has 0 spiro atoms. The third-order valence-corrected chi connectivity index (χ3v) is 1.50. The Hall–Kier alpha value is 0.443. The minimum Gasteiger partial charge on any atom is -0.748 e. The van der Waals surface area contributed by atoms with E-state index in [1.807, 2.05) is 0 Å². The Bertz CT molecular complexity index is 259. The van der Waals surface area contributed by atoms with Crippen molar-refractivity contribution in [3.8, 4) is 0 Å². The van der Waals surface area contributed by atoms with Crippen molar-refractivity contribution >= 4 is 20.2 Å². The van der Waals surface area contributed by atoms with E-state index >= 15 is 0 Å². The Morgan fingerprint density at radius 2 is 0.923 bits per heavy atom. The van der Waals surface area contributed by atoms with Gasteiger partial charge in [-0.15, -0.1) is 0 Å². The first kappa shape index (κ1) is 19.1. The van der Waals surface area contributed by atoms with Gasteiger partial charge >= 0.3 is 19.5 Å². The maximum absolute atomic E-state index is 9.38. The fourth-order valence-corrected chi connectivity index (χ4v) is 0. The van der Waals surface area contributed by atoms with E-state index in [4.69, 9.17) is 0 Å². The summed E-state index contributed by atoms with van der Waals surface area (Å²) >= 11 is 0. The molecule has 2 radical (unpaired) electrons. The molecule has 0 aromatic heterocycles. The van der Waals surface area contributed by atoms with E-state index in [-0.39, 0.29) is 19.5 Å². The summed E-state index contributed by atoms with van der Waals surface area (Å²) in [5.41, 5.74) is 0. The van der Waals surface area contributed by atoms with Gasteiger partial charge in [-0.2, -0.15) is 0 Å². The van der Waals surface area contributed by atoms with Gasteiger partial charge in [-0.3, -0.25) is 0 Å². The summed E-state index contributed by atoms with van der Waals surface area (Å²) in [5, 5.41) is 0. The monoisotopic (exact) mass is 280 g/mol. The van der Waals surface area contributed by atoms with E-state index in [2.05, 4.69) is 13.8 Å². The van der Waals surface area contributed by atoms with Crippen molar-refractivity contribution in [1.82, 2.24) is 0 Å². The molecule has 0 atom stereocenters. The normalized spacial score (nSPS) is 10.8. The second kappa shape index (κ2) is 7.81. The van der Waals surface area contributed by atoms with Crippen LogP contribution < -0.4 is 0 Å². The van der Waals surface area contributed by atoms with Crippen LogP contribution in [0.1, 0.15) is 0 Å². The molecule has 6 nitrogen and oxygen atoms in total. The van der Waals surface area contributed by atoms with Gasteiger partial charge in [-0.25, -0.2) is 16.8 Å². The van der Waals surface area contributed by atoms with Gasteiger partial charge in [0.05, 0.1) is 20.2 Å². The van der Waals surface area contributed by atoms with Crippen LogP contribution in [0.15, 0.2) is 0 Å². The summed E-state index contributed by atoms with van der Waals surface area (Å²) in [4.78, 5) is 0. The molecule has 13 heavy (non-hydrogen) atoms. The summed E-state index contributed by atoms with van der Waals surface area (Å²) in [6, 6.07) is 0. The molecular weight excluding hydrogens is 274 g/mol. The van der Waals surface area contributed by atoms with Gasteiger partial charge in [0.1, 0.15) is 0 Å². The molecule has 0 fully saturated rings. The SMILES string of the molecule is [CH2]CS(=O)(=O)[O-].[CH2]CS(=O)(=O)[O-].[Zn+2]. The van der Waals surface area contributed by atoms with Crippen LogP contribution >= 0.6 is 0 Å². The predicted molar refractivity (Wildman–Crippen MR) is 39.8 cm³/mol. The van der Waals surface area contributed by atoms with Crippen LogP contribution in [0.2, 0.25) is 0 Å². The predicted octanol–water partition coefficient (Wildman–Crippen LogP) is -1.27. The molecule has 0 saturated carbocycles. The summed E-state index contributed by atoms with van der Waals surface area (Å²) in [6.45, 7) is 5.71. The van der Waals surface area contributed by atoms with Crippen LogP contribution in [0.3, 0.4) is 0 Å². The zero-order chi connectivity index (χ0) is 10.4. The molecule has 0 aromatic carbocycles. The second-order valence-electron chi connectivity index (χ2n) is 1.52. The average molecular weight is 282 g/mol. The first-order chi connectivity index (χ1) is 5.12. The van der Waals surface area contributed by atoms with E-state index < -0.39 is 31.7 Å². The van der Waals surface area contributed by atoms with Crippen molar-refractivity contribution in [3.63, 3.8) is 0 Å². The summed E-state index contributed by atoms with van der Waals surface area (Å²) in [7, 11) is -8.05. The molecule has 0 aliphatic heterocycles. The number of hydrogen-bond donors (Lipinski definition) is 0. The average Bonchev–Trinajstić information content (AvgIpc) is 1.86. The van der Waals surface area contributed by atoms with Crippen LogP contribution in [0.5, 0.6) is 0 Å². The van der Waals surface area contributed by atoms with Crippen molar-refractivity contribution in [2.45, 2.75) is 0 Å². The Labute approximate surface area is 91.0 Å². The van der Waals surface area contributed by atoms with Crippen LogP contribution in [-0.4, -0.2) is 37.4 Å². The zero-order valence-corrected chi connectivity index (χ0v) is 11.4. The molecular formula is C4H8O6S2Zn. The van der Waals surface area contributed by atoms with Crippen LogP contribution in [0, 0.1) is 13.8 Å². The van der Waals surface area contributed by atoms with Crippen molar-refractivity contribution in [3.05, 3.63) is 13.8 Å². The molecule has 0 rings (SSSR count). The first-order valence-electron chi connectivity index (χ1n) is 2.58. The largest absolute Gasteiger partial charge is 2.00 e. The Balaban J connectivity index is -0.000000143. The Kier molecular flexibility index (Phi) is 11.5. The van der Waals surface area contributed by atoms with E-state index in [9.17, 15) is 25.9 Å². The van der Waals surface area contributed by atoms with Crippen molar-refractivity contribution in [2.75, 3.05) is 11.5 Å². The van der Waals surface area contributed by atoms with Crippen molar-refractivity contribution < 1.29 is 45.4 Å². The maximum Gasteiger partial charge on any atom is 2.00 e. The van der Waals surface area contributed by atoms with E-state index in [0.717, 1.165) is 0 Å². The molecule has 0 amide bonds. The van der Waals surface area contributed by atoms with Crippen LogP contribution in [0.4, 0.5) is 0 Å². The Morgan fingerprint density at radius 1 is 0.846 bits per heavy atom. The number of hydrogen-bond acceptors (Lipinski definition) is 6. The smallest absolute Gasteiger partial charge is 0.748 e. The van der Waals surface area contributed by atoms with Gasteiger partial charge in [-0.1, -0.05) is 0 Å². The van der Waals surface area contributed by atoms with E-state index in [1.165, 1.54) is 0 Å². The molecule has 0 bridgehead atoms. The van der Waals surface area contributed by atoms with Gasteiger partial charge in [0.2, 0.25) is 0 Å². The van der Waals surface area contributed by atoms with Gasteiger partial charge in [0, 0.05) is 11.5 Å². The standard InChI is InChI=1S/2C2H5O3S.Zn/c2*1-2-6(3,4)5;/h2*1-2H2,(H,3,4,5);/q;;+2/p-2. The topological polar surface area (TPSA) is 114 Å². The summed E-state index contributed by atoms with van der Waals surface area (Å²) < 4.78 is 56.3. The molecule has 0 heterocycles. The van der Waals surface area contributed by atoms with E-state index in [0.29, 0.717) is 0 Å². The third kappa shape index (κ3) is 32.7. The minimum atomic E-state index is -4.02. The molecule has 0 saturated heterocycles. The fraction of sp³-hybridized carbons (Fsp3) is 0.500. The fourth-order valence-electron chi connectivity index (χ4n) is 0. The molecule has 9 heteroatoms. The van der Waals surface area contributed by atoms with E-state index in [1.54, 1.807) is 0 Å². The zero-order valence-electron chi connectivity index (χ0n) is 6.80. The minimum absolute atomic E-state index is 0.